The van der Waals surface area contributed by atoms with Crippen molar-refractivity contribution >= 4 is 32.6 Å². The van der Waals surface area contributed by atoms with Gasteiger partial charge >= 0.3 is 0 Å². The second kappa shape index (κ2) is 10.3. The van der Waals surface area contributed by atoms with Crippen LogP contribution >= 0.6 is 11.3 Å². The lowest BCUT2D eigenvalue weighted by Gasteiger charge is -2.34. The van der Waals surface area contributed by atoms with E-state index < -0.39 is 0 Å². The minimum absolute atomic E-state index is 0.164. The monoisotopic (exact) mass is 470 g/mol. The molecule has 0 saturated carbocycles. The number of hydrogen-bond acceptors (Lipinski definition) is 8. The van der Waals surface area contributed by atoms with Crippen molar-refractivity contribution in [2.75, 3.05) is 65.5 Å². The van der Waals surface area contributed by atoms with Crippen molar-refractivity contribution in [3.63, 3.8) is 0 Å². The Balaban J connectivity index is 1.30. The molecule has 3 aromatic rings. The van der Waals surface area contributed by atoms with E-state index in [-0.39, 0.29) is 5.91 Å². The van der Waals surface area contributed by atoms with E-state index in [4.69, 9.17) is 19.2 Å². The zero-order valence-corrected chi connectivity index (χ0v) is 20.3. The number of nitrogens with zero attached hydrogens (tertiary/aromatic N) is 3. The molecular formula is C24H30N4O4S. The van der Waals surface area contributed by atoms with Gasteiger partial charge in [0.25, 0.3) is 5.91 Å². The number of nitrogens with one attached hydrogen (secondary N) is 1. The van der Waals surface area contributed by atoms with Crippen LogP contribution in [0.2, 0.25) is 0 Å². The highest BCUT2D eigenvalue weighted by atomic mass is 32.1. The molecule has 33 heavy (non-hydrogen) atoms. The molecule has 0 radical (unpaired) electrons. The maximum atomic E-state index is 12.6. The predicted octanol–water partition coefficient (Wildman–Crippen LogP) is 3.18. The Kier molecular flexibility index (Phi) is 7.20. The van der Waals surface area contributed by atoms with E-state index in [1.807, 2.05) is 6.07 Å². The fourth-order valence-corrected chi connectivity index (χ4v) is 5.15. The fourth-order valence-electron chi connectivity index (χ4n) is 4.05. The highest BCUT2D eigenvalue weighted by Gasteiger charge is 2.22. The van der Waals surface area contributed by atoms with Gasteiger partial charge in [0.2, 0.25) is 0 Å². The van der Waals surface area contributed by atoms with Crippen molar-refractivity contribution in [1.82, 2.24) is 15.2 Å². The van der Waals surface area contributed by atoms with Crippen molar-refractivity contribution < 1.29 is 19.0 Å². The van der Waals surface area contributed by atoms with Crippen LogP contribution < -0.4 is 24.4 Å². The Morgan fingerprint density at radius 3 is 2.48 bits per heavy atom. The van der Waals surface area contributed by atoms with Crippen LogP contribution in [0.4, 0.5) is 5.13 Å². The van der Waals surface area contributed by atoms with Gasteiger partial charge in [-0.05, 0) is 30.7 Å². The van der Waals surface area contributed by atoms with Gasteiger partial charge in [0.1, 0.15) is 11.3 Å². The zero-order chi connectivity index (χ0) is 23.4. The van der Waals surface area contributed by atoms with E-state index in [1.165, 1.54) is 17.4 Å². The molecule has 1 amide bonds. The van der Waals surface area contributed by atoms with Crippen LogP contribution in [0.1, 0.15) is 15.9 Å². The van der Waals surface area contributed by atoms with Gasteiger partial charge in [-0.25, -0.2) is 4.98 Å². The first-order valence-electron chi connectivity index (χ1n) is 11.0. The van der Waals surface area contributed by atoms with Gasteiger partial charge in [-0.2, -0.15) is 0 Å². The van der Waals surface area contributed by atoms with Crippen LogP contribution in [0, 0.1) is 6.92 Å². The van der Waals surface area contributed by atoms with E-state index >= 15 is 0 Å². The number of aromatic nitrogens is 1. The summed E-state index contributed by atoms with van der Waals surface area (Å²) in [5, 5.41) is 4.04. The van der Waals surface area contributed by atoms with Crippen molar-refractivity contribution in [2.45, 2.75) is 6.92 Å². The third kappa shape index (κ3) is 4.84. The number of fused-ring (bicyclic) bond motifs is 1. The van der Waals surface area contributed by atoms with Crippen molar-refractivity contribution in [3.8, 4) is 17.2 Å². The second-order valence-corrected chi connectivity index (χ2v) is 8.86. The Labute approximate surface area is 198 Å². The molecule has 2 aromatic carbocycles. The lowest BCUT2D eigenvalue weighted by Crippen LogP contribution is -2.48. The van der Waals surface area contributed by atoms with Gasteiger partial charge in [-0.3, -0.25) is 9.69 Å². The standard InChI is InChI=1S/C24H30N4O4S/c1-16-8-9-18(30-2)20-22(16)33-24(26-20)28-14-12-27(13-15-28)11-10-25-23(29)17-6-5-7-19(31-3)21(17)32-4/h5-9H,10-15H2,1-4H3,(H,25,29). The second-order valence-electron chi connectivity index (χ2n) is 7.88. The summed E-state index contributed by atoms with van der Waals surface area (Å²) in [7, 11) is 4.78. The van der Waals surface area contributed by atoms with E-state index in [0.29, 0.717) is 23.6 Å². The number of methoxy groups -OCH3 is 3. The number of amides is 1. The molecule has 0 aliphatic carbocycles. The quantitative estimate of drug-likeness (QED) is 0.542. The Morgan fingerprint density at radius 2 is 1.79 bits per heavy atom. The molecular weight excluding hydrogens is 440 g/mol. The summed E-state index contributed by atoms with van der Waals surface area (Å²) < 4.78 is 17.3. The average Bonchev–Trinajstić information content (AvgIpc) is 3.30. The molecule has 0 unspecified atom stereocenters. The number of aryl methyl sites for hydroxylation is 1. The third-order valence-electron chi connectivity index (χ3n) is 5.92. The maximum Gasteiger partial charge on any atom is 0.255 e. The SMILES string of the molecule is COc1cccc(C(=O)NCCN2CCN(c3nc4c(OC)ccc(C)c4s3)CC2)c1OC. The van der Waals surface area contributed by atoms with Crippen LogP contribution in [-0.2, 0) is 0 Å². The number of carbonyl (C=O) groups is 1. The summed E-state index contributed by atoms with van der Waals surface area (Å²) in [5.74, 6) is 1.65. The molecule has 1 N–H and O–H groups in total. The smallest absolute Gasteiger partial charge is 0.255 e. The highest BCUT2D eigenvalue weighted by molar-refractivity contribution is 7.22. The number of piperazine rings is 1. The number of benzene rings is 2. The molecule has 4 rings (SSSR count). The summed E-state index contributed by atoms with van der Waals surface area (Å²) in [6, 6.07) is 9.36. The molecule has 1 aliphatic heterocycles. The highest BCUT2D eigenvalue weighted by Crippen LogP contribution is 2.36. The molecule has 1 aliphatic rings. The lowest BCUT2D eigenvalue weighted by atomic mass is 10.1. The van der Waals surface area contributed by atoms with Gasteiger partial charge in [-0.1, -0.05) is 23.5 Å². The zero-order valence-electron chi connectivity index (χ0n) is 19.5. The van der Waals surface area contributed by atoms with Gasteiger partial charge in [0.15, 0.2) is 16.6 Å². The van der Waals surface area contributed by atoms with E-state index in [2.05, 4.69) is 28.1 Å². The Hall–Kier alpha value is -3.04. The largest absolute Gasteiger partial charge is 0.494 e. The van der Waals surface area contributed by atoms with Gasteiger partial charge in [0.05, 0.1) is 31.6 Å². The minimum atomic E-state index is -0.164. The number of ether oxygens (including phenoxy) is 3. The van der Waals surface area contributed by atoms with Gasteiger partial charge in [0, 0.05) is 39.3 Å². The van der Waals surface area contributed by atoms with E-state index in [1.54, 1.807) is 43.8 Å². The molecule has 8 nitrogen and oxygen atoms in total. The third-order valence-corrected chi connectivity index (χ3v) is 7.17. The normalized spacial score (nSPS) is 14.4. The van der Waals surface area contributed by atoms with E-state index in [9.17, 15) is 4.79 Å². The van der Waals surface area contributed by atoms with Crippen LogP contribution in [0.3, 0.4) is 0 Å². The van der Waals surface area contributed by atoms with E-state index in [0.717, 1.165) is 49.1 Å². The first-order valence-corrected chi connectivity index (χ1v) is 11.8. The van der Waals surface area contributed by atoms with Gasteiger partial charge in [-0.15, -0.1) is 0 Å². The number of hydrogen-bond donors (Lipinski definition) is 1. The summed E-state index contributed by atoms with van der Waals surface area (Å²) in [6.07, 6.45) is 0. The minimum Gasteiger partial charge on any atom is -0.494 e. The number of carbonyl (C=O) groups excluding carboxylic acids is 1. The lowest BCUT2D eigenvalue weighted by molar-refractivity contribution is 0.0944. The molecule has 0 atom stereocenters. The van der Waals surface area contributed by atoms with Crippen LogP contribution in [0.15, 0.2) is 30.3 Å². The number of anilines is 1. The van der Waals surface area contributed by atoms with Crippen LogP contribution in [0.5, 0.6) is 17.2 Å². The summed E-state index contributed by atoms with van der Waals surface area (Å²) >= 11 is 1.72. The molecule has 2 heterocycles. The Bertz CT molecular complexity index is 1130. The molecule has 0 spiro atoms. The van der Waals surface area contributed by atoms with Crippen LogP contribution in [0.25, 0.3) is 10.2 Å². The molecule has 1 saturated heterocycles. The average molecular weight is 471 g/mol. The van der Waals surface area contributed by atoms with Crippen molar-refractivity contribution in [2.24, 2.45) is 0 Å². The molecule has 9 heteroatoms. The summed E-state index contributed by atoms with van der Waals surface area (Å²) in [5.41, 5.74) is 2.63. The summed E-state index contributed by atoms with van der Waals surface area (Å²) in [6.45, 7) is 7.11. The topological polar surface area (TPSA) is 76.2 Å². The maximum absolute atomic E-state index is 12.6. The number of rotatable bonds is 8. The molecule has 176 valence electrons. The fraction of sp³-hybridized carbons (Fsp3) is 0.417. The van der Waals surface area contributed by atoms with Crippen molar-refractivity contribution in [3.05, 3.63) is 41.5 Å². The first kappa shape index (κ1) is 23.1. The molecule has 1 aromatic heterocycles. The predicted molar refractivity (Wildman–Crippen MR) is 131 cm³/mol. The number of thiazole rings is 1. The van der Waals surface area contributed by atoms with Crippen molar-refractivity contribution in [1.29, 1.82) is 0 Å². The van der Waals surface area contributed by atoms with Gasteiger partial charge < -0.3 is 24.4 Å². The number of para-hydroxylation sites is 1. The molecule has 1 fully saturated rings. The summed E-state index contributed by atoms with van der Waals surface area (Å²) in [4.78, 5) is 22.2. The Morgan fingerprint density at radius 1 is 1.03 bits per heavy atom. The first-order chi connectivity index (χ1) is 16.0. The van der Waals surface area contributed by atoms with Crippen LogP contribution in [-0.4, -0.2) is 76.4 Å². The molecule has 0 bridgehead atoms.